The molecule has 0 aromatic carbocycles. The lowest BCUT2D eigenvalue weighted by Gasteiger charge is -2.38. The molecule has 116 valence electrons. The predicted molar refractivity (Wildman–Crippen MR) is 82.0 cm³/mol. The van der Waals surface area contributed by atoms with Crippen molar-refractivity contribution in [1.29, 1.82) is 0 Å². The van der Waals surface area contributed by atoms with Gasteiger partial charge in [0, 0.05) is 38.8 Å². The third kappa shape index (κ3) is 2.77. The quantitative estimate of drug-likeness (QED) is 0.908. The van der Waals surface area contributed by atoms with Gasteiger partial charge in [-0.15, -0.1) is 0 Å². The van der Waals surface area contributed by atoms with Crippen molar-refractivity contribution in [2.75, 3.05) is 31.9 Å². The molecular formula is C15H25N5O. The number of nitrogen functional groups attached to an aromatic ring is 1. The van der Waals surface area contributed by atoms with Crippen LogP contribution in [-0.2, 0) is 6.54 Å². The summed E-state index contributed by atoms with van der Waals surface area (Å²) in [5.74, 6) is 0.0259. The van der Waals surface area contributed by atoms with Crippen molar-refractivity contribution in [3.63, 3.8) is 0 Å². The number of carbonyl (C=O) groups excluding carboxylic acids is 1. The molecule has 1 amide bonds. The van der Waals surface area contributed by atoms with E-state index in [1.165, 1.54) is 25.7 Å². The smallest absolute Gasteiger partial charge is 0.274 e. The predicted octanol–water partition coefficient (Wildman–Crippen LogP) is 1.19. The van der Waals surface area contributed by atoms with E-state index in [9.17, 15) is 4.79 Å². The highest BCUT2D eigenvalue weighted by Crippen LogP contribution is 2.25. The number of rotatable bonds is 3. The molecular weight excluding hydrogens is 266 g/mol. The van der Waals surface area contributed by atoms with Gasteiger partial charge >= 0.3 is 0 Å². The first kappa shape index (κ1) is 14.4. The van der Waals surface area contributed by atoms with Crippen LogP contribution in [0.1, 0.15) is 43.1 Å². The maximum absolute atomic E-state index is 12.7. The molecule has 1 aromatic heterocycles. The van der Waals surface area contributed by atoms with Gasteiger partial charge in [-0.25, -0.2) is 0 Å². The van der Waals surface area contributed by atoms with Gasteiger partial charge in [0.05, 0.1) is 11.9 Å². The average Bonchev–Trinajstić information content (AvgIpc) is 3.16. The minimum atomic E-state index is 0.0259. The largest absolute Gasteiger partial charge is 0.396 e. The van der Waals surface area contributed by atoms with Crippen LogP contribution >= 0.6 is 0 Å². The van der Waals surface area contributed by atoms with Crippen LogP contribution in [0.25, 0.3) is 0 Å². The van der Waals surface area contributed by atoms with Crippen molar-refractivity contribution in [2.24, 2.45) is 0 Å². The number of hydrogen-bond donors (Lipinski definition) is 1. The monoisotopic (exact) mass is 291 g/mol. The second-order valence-electron chi connectivity index (χ2n) is 6.03. The molecule has 1 aromatic rings. The number of aromatic nitrogens is 2. The van der Waals surface area contributed by atoms with E-state index in [2.05, 4.69) is 10.00 Å². The zero-order valence-corrected chi connectivity index (χ0v) is 12.8. The molecule has 2 N–H and O–H groups in total. The van der Waals surface area contributed by atoms with Gasteiger partial charge in [0.2, 0.25) is 0 Å². The number of hydrogen-bond acceptors (Lipinski definition) is 4. The average molecular weight is 291 g/mol. The number of aryl methyl sites for hydroxylation is 1. The van der Waals surface area contributed by atoms with Crippen LogP contribution in [0.5, 0.6) is 0 Å². The molecule has 6 nitrogen and oxygen atoms in total. The number of nitrogens with two attached hydrogens (primary N) is 1. The van der Waals surface area contributed by atoms with Gasteiger partial charge in [0.1, 0.15) is 5.69 Å². The Morgan fingerprint density at radius 2 is 1.95 bits per heavy atom. The summed E-state index contributed by atoms with van der Waals surface area (Å²) in [4.78, 5) is 17.1. The third-order valence-corrected chi connectivity index (χ3v) is 4.81. The highest BCUT2D eigenvalue weighted by Gasteiger charge is 2.30. The molecule has 0 bridgehead atoms. The summed E-state index contributed by atoms with van der Waals surface area (Å²) in [6, 6.07) is 0.744. The first-order valence-electron chi connectivity index (χ1n) is 8.05. The van der Waals surface area contributed by atoms with E-state index in [0.29, 0.717) is 17.9 Å². The van der Waals surface area contributed by atoms with Gasteiger partial charge in [0.25, 0.3) is 5.91 Å². The van der Waals surface area contributed by atoms with E-state index >= 15 is 0 Å². The fourth-order valence-corrected chi connectivity index (χ4v) is 3.58. The molecule has 1 saturated heterocycles. The Hall–Kier alpha value is -1.56. The van der Waals surface area contributed by atoms with E-state index in [1.807, 2.05) is 11.8 Å². The van der Waals surface area contributed by atoms with E-state index in [1.54, 1.807) is 10.9 Å². The zero-order chi connectivity index (χ0) is 14.8. The standard InChI is InChI=1S/C15H25N5O/c1-2-20-14(13(16)11-17-20)15(21)19-9-7-18(8-10-19)12-5-3-4-6-12/h11-12H,2-10,16H2,1H3. The Morgan fingerprint density at radius 3 is 2.57 bits per heavy atom. The molecule has 0 unspecified atom stereocenters. The SMILES string of the molecule is CCn1ncc(N)c1C(=O)N1CCN(C2CCCC2)CC1. The fraction of sp³-hybridized carbons (Fsp3) is 0.733. The topological polar surface area (TPSA) is 67.4 Å². The summed E-state index contributed by atoms with van der Waals surface area (Å²) in [6.07, 6.45) is 6.94. The van der Waals surface area contributed by atoms with Gasteiger partial charge < -0.3 is 10.6 Å². The summed E-state index contributed by atoms with van der Waals surface area (Å²) in [6.45, 7) is 6.20. The molecule has 6 heteroatoms. The van der Waals surface area contributed by atoms with Crippen LogP contribution in [0, 0.1) is 0 Å². The molecule has 2 fully saturated rings. The van der Waals surface area contributed by atoms with E-state index < -0.39 is 0 Å². The van der Waals surface area contributed by atoms with Crippen molar-refractivity contribution in [3.05, 3.63) is 11.9 Å². The van der Waals surface area contributed by atoms with Gasteiger partial charge in [0.15, 0.2) is 0 Å². The molecule has 0 atom stereocenters. The lowest BCUT2D eigenvalue weighted by atomic mass is 10.1. The summed E-state index contributed by atoms with van der Waals surface area (Å²) in [5, 5.41) is 4.16. The first-order chi connectivity index (χ1) is 10.2. The lowest BCUT2D eigenvalue weighted by molar-refractivity contribution is 0.0563. The van der Waals surface area contributed by atoms with E-state index in [-0.39, 0.29) is 5.91 Å². The molecule has 0 radical (unpaired) electrons. The number of anilines is 1. The molecule has 1 saturated carbocycles. The van der Waals surface area contributed by atoms with Crippen molar-refractivity contribution in [1.82, 2.24) is 19.6 Å². The Labute approximate surface area is 125 Å². The van der Waals surface area contributed by atoms with Crippen LogP contribution in [0.2, 0.25) is 0 Å². The highest BCUT2D eigenvalue weighted by molar-refractivity contribution is 5.97. The molecule has 2 aliphatic rings. The molecule has 21 heavy (non-hydrogen) atoms. The number of amides is 1. The van der Waals surface area contributed by atoms with Crippen molar-refractivity contribution < 1.29 is 4.79 Å². The minimum absolute atomic E-state index is 0.0259. The molecule has 2 heterocycles. The second-order valence-corrected chi connectivity index (χ2v) is 6.03. The van der Waals surface area contributed by atoms with Gasteiger partial charge in [-0.05, 0) is 19.8 Å². The van der Waals surface area contributed by atoms with Crippen molar-refractivity contribution in [2.45, 2.75) is 45.2 Å². The van der Waals surface area contributed by atoms with Crippen LogP contribution in [0.4, 0.5) is 5.69 Å². The van der Waals surface area contributed by atoms with Crippen LogP contribution in [-0.4, -0.2) is 57.7 Å². The molecule has 3 rings (SSSR count). The Bertz CT molecular complexity index is 498. The molecule has 1 aliphatic carbocycles. The van der Waals surface area contributed by atoms with Crippen molar-refractivity contribution in [3.8, 4) is 0 Å². The van der Waals surface area contributed by atoms with Gasteiger partial charge in [-0.2, -0.15) is 5.10 Å². The van der Waals surface area contributed by atoms with Gasteiger partial charge in [-0.3, -0.25) is 14.4 Å². The lowest BCUT2D eigenvalue weighted by Crippen LogP contribution is -2.51. The van der Waals surface area contributed by atoms with Crippen LogP contribution in [0.3, 0.4) is 0 Å². The number of carbonyl (C=O) groups is 1. The minimum Gasteiger partial charge on any atom is -0.396 e. The molecule has 1 aliphatic heterocycles. The normalized spacial score (nSPS) is 21.1. The summed E-state index contributed by atoms with van der Waals surface area (Å²) >= 11 is 0. The Kier molecular flexibility index (Phi) is 4.14. The Balaban J connectivity index is 1.63. The second kappa shape index (κ2) is 6.05. The molecule has 0 spiro atoms. The van der Waals surface area contributed by atoms with Crippen LogP contribution in [0.15, 0.2) is 6.20 Å². The fourth-order valence-electron chi connectivity index (χ4n) is 3.58. The zero-order valence-electron chi connectivity index (χ0n) is 12.8. The summed E-state index contributed by atoms with van der Waals surface area (Å²) in [7, 11) is 0. The number of nitrogens with zero attached hydrogens (tertiary/aromatic N) is 4. The maximum Gasteiger partial charge on any atom is 0.274 e. The van der Waals surface area contributed by atoms with E-state index in [0.717, 1.165) is 32.2 Å². The van der Waals surface area contributed by atoms with E-state index in [4.69, 9.17) is 5.73 Å². The highest BCUT2D eigenvalue weighted by atomic mass is 16.2. The van der Waals surface area contributed by atoms with Crippen LogP contribution < -0.4 is 5.73 Å². The Morgan fingerprint density at radius 1 is 1.29 bits per heavy atom. The number of piperazine rings is 1. The first-order valence-corrected chi connectivity index (χ1v) is 8.05. The van der Waals surface area contributed by atoms with Crippen molar-refractivity contribution >= 4 is 11.6 Å². The summed E-state index contributed by atoms with van der Waals surface area (Å²) in [5.41, 5.74) is 6.94. The summed E-state index contributed by atoms with van der Waals surface area (Å²) < 4.78 is 1.70. The van der Waals surface area contributed by atoms with Gasteiger partial charge in [-0.1, -0.05) is 12.8 Å². The third-order valence-electron chi connectivity index (χ3n) is 4.81. The maximum atomic E-state index is 12.7.